The van der Waals surface area contributed by atoms with Gasteiger partial charge in [-0.2, -0.15) is 0 Å². The minimum atomic E-state index is -0.220. The van der Waals surface area contributed by atoms with Crippen LogP contribution in [0.15, 0.2) is 18.2 Å². The van der Waals surface area contributed by atoms with E-state index in [1.165, 1.54) is 7.11 Å². The highest BCUT2D eigenvalue weighted by molar-refractivity contribution is 5.72. The summed E-state index contributed by atoms with van der Waals surface area (Å²) in [6, 6.07) is 5.04. The van der Waals surface area contributed by atoms with E-state index >= 15 is 0 Å². The molecule has 2 rings (SSSR count). The number of carbonyl (C=O) groups is 1. The van der Waals surface area contributed by atoms with Crippen LogP contribution in [0, 0.1) is 11.8 Å². The van der Waals surface area contributed by atoms with Gasteiger partial charge in [0.25, 0.3) is 0 Å². The van der Waals surface area contributed by atoms with Gasteiger partial charge in [0.1, 0.15) is 11.5 Å². The average molecular weight is 236 g/mol. The standard InChI is InChI=1S/C13H16O4/c1-8(13(15)16-2)10-5-9-6-11(14)3-4-12(9)17-7-10/h3-4,6,8,10,14H,5,7H2,1-2H3. The van der Waals surface area contributed by atoms with Gasteiger partial charge in [-0.15, -0.1) is 0 Å². The number of hydrogen-bond donors (Lipinski definition) is 1. The second kappa shape index (κ2) is 4.65. The molecule has 1 aliphatic rings. The van der Waals surface area contributed by atoms with Crippen molar-refractivity contribution in [3.05, 3.63) is 23.8 Å². The smallest absolute Gasteiger partial charge is 0.308 e. The normalized spacial score (nSPS) is 20.0. The second-order valence-electron chi connectivity index (χ2n) is 4.38. The van der Waals surface area contributed by atoms with Crippen molar-refractivity contribution in [2.24, 2.45) is 11.8 Å². The molecule has 0 spiro atoms. The molecule has 4 nitrogen and oxygen atoms in total. The van der Waals surface area contributed by atoms with E-state index in [0.717, 1.165) is 17.7 Å². The van der Waals surface area contributed by atoms with Crippen molar-refractivity contribution < 1.29 is 19.4 Å². The van der Waals surface area contributed by atoms with Crippen molar-refractivity contribution in [2.45, 2.75) is 13.3 Å². The lowest BCUT2D eigenvalue weighted by Crippen LogP contribution is -2.31. The van der Waals surface area contributed by atoms with E-state index in [4.69, 9.17) is 9.47 Å². The first-order valence-corrected chi connectivity index (χ1v) is 5.64. The van der Waals surface area contributed by atoms with Crippen molar-refractivity contribution >= 4 is 5.97 Å². The summed E-state index contributed by atoms with van der Waals surface area (Å²) in [6.45, 7) is 2.35. The Morgan fingerprint density at radius 2 is 2.35 bits per heavy atom. The Labute approximate surface area is 100 Å². The first-order valence-electron chi connectivity index (χ1n) is 5.64. The Bertz CT molecular complexity index is 427. The van der Waals surface area contributed by atoms with Gasteiger partial charge in [-0.1, -0.05) is 6.92 Å². The zero-order valence-electron chi connectivity index (χ0n) is 9.97. The maximum absolute atomic E-state index is 11.5. The molecule has 1 heterocycles. The van der Waals surface area contributed by atoms with E-state index in [9.17, 15) is 9.90 Å². The van der Waals surface area contributed by atoms with Gasteiger partial charge in [0, 0.05) is 5.92 Å². The first kappa shape index (κ1) is 11.8. The number of esters is 1. The fraction of sp³-hybridized carbons (Fsp3) is 0.462. The Hall–Kier alpha value is -1.71. The first-order chi connectivity index (χ1) is 8.11. The van der Waals surface area contributed by atoms with Crippen LogP contribution in [0.2, 0.25) is 0 Å². The molecule has 0 aliphatic carbocycles. The molecule has 1 aromatic carbocycles. The third kappa shape index (κ3) is 2.35. The topological polar surface area (TPSA) is 55.8 Å². The Morgan fingerprint density at radius 3 is 3.06 bits per heavy atom. The van der Waals surface area contributed by atoms with Gasteiger partial charge in [0.05, 0.1) is 19.6 Å². The molecular weight excluding hydrogens is 220 g/mol. The molecule has 1 N–H and O–H groups in total. The molecule has 0 radical (unpaired) electrons. The van der Waals surface area contributed by atoms with Gasteiger partial charge in [-0.3, -0.25) is 4.79 Å². The van der Waals surface area contributed by atoms with Crippen LogP contribution in [0.1, 0.15) is 12.5 Å². The predicted octanol–water partition coefficient (Wildman–Crippen LogP) is 1.75. The van der Waals surface area contributed by atoms with E-state index in [0.29, 0.717) is 6.61 Å². The van der Waals surface area contributed by atoms with Crippen molar-refractivity contribution in [1.82, 2.24) is 0 Å². The van der Waals surface area contributed by atoms with Crippen LogP contribution < -0.4 is 4.74 Å². The monoisotopic (exact) mass is 236 g/mol. The molecule has 0 aromatic heterocycles. The number of methoxy groups -OCH3 is 1. The predicted molar refractivity (Wildman–Crippen MR) is 62.0 cm³/mol. The number of phenols is 1. The number of hydrogen-bond acceptors (Lipinski definition) is 4. The lowest BCUT2D eigenvalue weighted by molar-refractivity contribution is -0.147. The van der Waals surface area contributed by atoms with E-state index in [1.807, 2.05) is 6.92 Å². The van der Waals surface area contributed by atoms with E-state index in [2.05, 4.69) is 0 Å². The van der Waals surface area contributed by atoms with Crippen LogP contribution in [-0.4, -0.2) is 24.8 Å². The summed E-state index contributed by atoms with van der Waals surface area (Å²) < 4.78 is 10.3. The maximum Gasteiger partial charge on any atom is 0.308 e. The Balaban J connectivity index is 2.15. The minimum Gasteiger partial charge on any atom is -0.508 e. The number of carbonyl (C=O) groups excluding carboxylic acids is 1. The van der Waals surface area contributed by atoms with Gasteiger partial charge in [0.15, 0.2) is 0 Å². The highest BCUT2D eigenvalue weighted by Gasteiger charge is 2.29. The number of ether oxygens (including phenoxy) is 2. The van der Waals surface area contributed by atoms with Crippen LogP contribution in [-0.2, 0) is 16.0 Å². The summed E-state index contributed by atoms with van der Waals surface area (Å²) in [5.74, 6) is 0.685. The van der Waals surface area contributed by atoms with Gasteiger partial charge in [-0.05, 0) is 30.2 Å². The van der Waals surface area contributed by atoms with E-state index < -0.39 is 0 Å². The molecule has 1 aliphatic heterocycles. The van der Waals surface area contributed by atoms with Crippen molar-refractivity contribution in [3.63, 3.8) is 0 Å². The summed E-state index contributed by atoms with van der Waals surface area (Å²) in [5.41, 5.74) is 0.942. The molecule has 0 fully saturated rings. The molecule has 2 atom stereocenters. The lowest BCUT2D eigenvalue weighted by atomic mass is 9.86. The zero-order valence-corrected chi connectivity index (χ0v) is 9.97. The van der Waals surface area contributed by atoms with Crippen molar-refractivity contribution in [1.29, 1.82) is 0 Å². The van der Waals surface area contributed by atoms with Crippen LogP contribution >= 0.6 is 0 Å². The van der Waals surface area contributed by atoms with Gasteiger partial charge in [0.2, 0.25) is 0 Å². The van der Waals surface area contributed by atoms with Gasteiger partial charge < -0.3 is 14.6 Å². The largest absolute Gasteiger partial charge is 0.508 e. The van der Waals surface area contributed by atoms with Gasteiger partial charge in [-0.25, -0.2) is 0 Å². The van der Waals surface area contributed by atoms with Crippen LogP contribution in [0.5, 0.6) is 11.5 Å². The molecule has 2 unspecified atom stereocenters. The summed E-state index contributed by atoms with van der Waals surface area (Å²) in [6.07, 6.45) is 0.722. The molecule has 1 aromatic rings. The molecular formula is C13H16O4. The number of fused-ring (bicyclic) bond motifs is 1. The second-order valence-corrected chi connectivity index (χ2v) is 4.38. The van der Waals surface area contributed by atoms with Gasteiger partial charge >= 0.3 is 5.97 Å². The highest BCUT2D eigenvalue weighted by Crippen LogP contribution is 2.33. The number of phenolic OH excluding ortho intramolecular Hbond substituents is 1. The molecule has 4 heteroatoms. The van der Waals surface area contributed by atoms with Crippen LogP contribution in [0.4, 0.5) is 0 Å². The van der Waals surface area contributed by atoms with Crippen molar-refractivity contribution in [3.8, 4) is 11.5 Å². The Morgan fingerprint density at radius 1 is 1.59 bits per heavy atom. The number of benzene rings is 1. The molecule has 17 heavy (non-hydrogen) atoms. The quantitative estimate of drug-likeness (QED) is 0.795. The van der Waals surface area contributed by atoms with Crippen LogP contribution in [0.25, 0.3) is 0 Å². The Kier molecular flexibility index (Phi) is 3.22. The molecule has 0 saturated heterocycles. The molecule has 92 valence electrons. The number of aromatic hydroxyl groups is 1. The van der Waals surface area contributed by atoms with E-state index in [-0.39, 0.29) is 23.6 Å². The fourth-order valence-electron chi connectivity index (χ4n) is 2.10. The summed E-state index contributed by atoms with van der Waals surface area (Å²) in [7, 11) is 1.39. The summed E-state index contributed by atoms with van der Waals surface area (Å²) in [4.78, 5) is 11.5. The SMILES string of the molecule is COC(=O)C(C)C1COc2ccc(O)cc2C1. The highest BCUT2D eigenvalue weighted by atomic mass is 16.5. The third-order valence-corrected chi connectivity index (χ3v) is 3.26. The number of rotatable bonds is 2. The van der Waals surface area contributed by atoms with Crippen molar-refractivity contribution in [2.75, 3.05) is 13.7 Å². The minimum absolute atomic E-state index is 0.0942. The maximum atomic E-state index is 11.5. The third-order valence-electron chi connectivity index (χ3n) is 3.26. The molecule has 0 amide bonds. The molecule has 0 bridgehead atoms. The summed E-state index contributed by atoms with van der Waals surface area (Å²) in [5, 5.41) is 9.42. The lowest BCUT2D eigenvalue weighted by Gasteiger charge is -2.28. The zero-order chi connectivity index (χ0) is 12.4. The average Bonchev–Trinajstić information content (AvgIpc) is 2.36. The van der Waals surface area contributed by atoms with Crippen LogP contribution in [0.3, 0.4) is 0 Å². The van der Waals surface area contributed by atoms with E-state index in [1.54, 1.807) is 18.2 Å². The fourth-order valence-corrected chi connectivity index (χ4v) is 2.10. The summed E-state index contributed by atoms with van der Waals surface area (Å²) >= 11 is 0. The molecule has 0 saturated carbocycles.